The SMILES string of the molecule is CCN(CC)[C@H]1C[C@H](CN2C(=O)[C@@](O)(c3c(F)cccc3Cl)c3c2cc(I)cc3C(F)(F)F)C1. The highest BCUT2D eigenvalue weighted by Gasteiger charge is 2.58. The highest BCUT2D eigenvalue weighted by molar-refractivity contribution is 14.1. The summed E-state index contributed by atoms with van der Waals surface area (Å²) >= 11 is 7.90. The van der Waals surface area contributed by atoms with E-state index in [-0.39, 0.29) is 26.7 Å². The Morgan fingerprint density at radius 2 is 1.85 bits per heavy atom. The number of rotatable bonds is 6. The van der Waals surface area contributed by atoms with E-state index in [1.165, 1.54) is 23.1 Å². The summed E-state index contributed by atoms with van der Waals surface area (Å²) in [7, 11) is 0. The summed E-state index contributed by atoms with van der Waals surface area (Å²) in [6, 6.07) is 6.11. The van der Waals surface area contributed by atoms with Gasteiger partial charge in [-0.15, -0.1) is 0 Å². The lowest BCUT2D eigenvalue weighted by molar-refractivity contribution is -0.142. The number of anilines is 1. The zero-order valence-electron chi connectivity index (χ0n) is 18.6. The molecule has 2 aliphatic rings. The molecule has 1 heterocycles. The van der Waals surface area contributed by atoms with Crippen molar-refractivity contribution in [1.29, 1.82) is 0 Å². The van der Waals surface area contributed by atoms with Gasteiger partial charge in [0.1, 0.15) is 5.82 Å². The van der Waals surface area contributed by atoms with Crippen LogP contribution in [0.3, 0.4) is 0 Å². The molecular weight excluding hydrogens is 587 g/mol. The summed E-state index contributed by atoms with van der Waals surface area (Å²) in [6.07, 6.45) is -3.30. The second-order valence-electron chi connectivity index (χ2n) is 8.78. The van der Waals surface area contributed by atoms with E-state index in [9.17, 15) is 27.5 Å². The first-order valence-corrected chi connectivity index (χ1v) is 12.5. The van der Waals surface area contributed by atoms with Crippen LogP contribution in [0.4, 0.5) is 23.2 Å². The number of hydrogen-bond acceptors (Lipinski definition) is 3. The summed E-state index contributed by atoms with van der Waals surface area (Å²) in [5.74, 6) is -2.02. The Hall–Kier alpha value is -1.43. The lowest BCUT2D eigenvalue weighted by atomic mass is 9.78. The molecule has 1 saturated carbocycles. The van der Waals surface area contributed by atoms with Crippen molar-refractivity contribution in [3.8, 4) is 0 Å². The smallest absolute Gasteiger partial charge is 0.372 e. The van der Waals surface area contributed by atoms with Crippen LogP contribution in [0.25, 0.3) is 0 Å². The molecule has 184 valence electrons. The molecule has 1 fully saturated rings. The maximum absolute atomic E-state index is 14.9. The van der Waals surface area contributed by atoms with Gasteiger partial charge in [0.2, 0.25) is 5.60 Å². The second-order valence-corrected chi connectivity index (χ2v) is 10.4. The molecular formula is C24H24ClF4IN2O2. The van der Waals surface area contributed by atoms with Gasteiger partial charge in [0.15, 0.2) is 0 Å². The third-order valence-corrected chi connectivity index (χ3v) is 7.84. The van der Waals surface area contributed by atoms with Crippen molar-refractivity contribution < 1.29 is 27.5 Å². The van der Waals surface area contributed by atoms with E-state index < -0.39 is 40.2 Å². The summed E-state index contributed by atoms with van der Waals surface area (Å²) < 4.78 is 57.5. The molecule has 0 saturated heterocycles. The van der Waals surface area contributed by atoms with E-state index in [0.717, 1.165) is 38.1 Å². The number of hydrogen-bond donors (Lipinski definition) is 1. The molecule has 0 bridgehead atoms. The molecule has 1 aliphatic carbocycles. The fourth-order valence-electron chi connectivity index (χ4n) is 5.22. The summed E-state index contributed by atoms with van der Waals surface area (Å²) in [6.45, 7) is 6.04. The molecule has 0 spiro atoms. The standard InChI is InChI=1S/C24H24ClF4IN2O2/c1-3-31(4-2)15-8-13(9-15)12-32-19-11-14(30)10-16(24(27,28)29)20(19)23(34,22(32)33)21-17(25)6-5-7-18(21)26/h5-7,10-11,13,15,34H,3-4,8-9,12H2,1-2H3/t13-,15-,23-/m0/s1. The van der Waals surface area contributed by atoms with E-state index in [2.05, 4.69) is 18.7 Å². The molecule has 34 heavy (non-hydrogen) atoms. The average molecular weight is 611 g/mol. The third kappa shape index (κ3) is 4.12. The number of benzene rings is 2. The molecule has 0 aromatic heterocycles. The number of carbonyl (C=O) groups is 1. The van der Waals surface area contributed by atoms with Crippen LogP contribution < -0.4 is 4.90 Å². The predicted molar refractivity (Wildman–Crippen MR) is 130 cm³/mol. The van der Waals surface area contributed by atoms with Crippen LogP contribution in [-0.2, 0) is 16.6 Å². The molecule has 4 rings (SSSR count). The van der Waals surface area contributed by atoms with Gasteiger partial charge in [0, 0.05) is 21.7 Å². The Bertz CT molecular complexity index is 1100. The first-order valence-electron chi connectivity index (χ1n) is 11.1. The fourth-order valence-corrected chi connectivity index (χ4v) is 6.13. The third-order valence-electron chi connectivity index (χ3n) is 6.90. The summed E-state index contributed by atoms with van der Waals surface area (Å²) in [5, 5.41) is 11.3. The van der Waals surface area contributed by atoms with Gasteiger partial charge in [-0.05, 0) is 78.7 Å². The molecule has 0 unspecified atom stereocenters. The van der Waals surface area contributed by atoms with Crippen LogP contribution in [0.5, 0.6) is 0 Å². The molecule has 1 aliphatic heterocycles. The molecule has 1 N–H and O–H groups in total. The second kappa shape index (κ2) is 9.22. The molecule has 2 aromatic carbocycles. The van der Waals surface area contributed by atoms with Crippen LogP contribution in [0.1, 0.15) is 43.4 Å². The number of carbonyl (C=O) groups excluding carboxylic acids is 1. The number of halogens is 6. The Kier molecular flexibility index (Phi) is 6.96. The van der Waals surface area contributed by atoms with Gasteiger partial charge in [0.25, 0.3) is 5.91 Å². The molecule has 10 heteroatoms. The zero-order chi connectivity index (χ0) is 25.0. The van der Waals surface area contributed by atoms with Gasteiger partial charge in [-0.1, -0.05) is 31.5 Å². The van der Waals surface area contributed by atoms with Crippen molar-refractivity contribution in [3.63, 3.8) is 0 Å². The van der Waals surface area contributed by atoms with E-state index in [1.807, 2.05) is 0 Å². The molecule has 2 aromatic rings. The van der Waals surface area contributed by atoms with Gasteiger partial charge in [-0.25, -0.2) is 4.39 Å². The first-order chi connectivity index (χ1) is 15.9. The summed E-state index contributed by atoms with van der Waals surface area (Å²) in [5.41, 5.74) is -5.46. The quantitative estimate of drug-likeness (QED) is 0.332. The average Bonchev–Trinajstić information content (AvgIpc) is 2.93. The van der Waals surface area contributed by atoms with Crippen LogP contribution >= 0.6 is 34.2 Å². The van der Waals surface area contributed by atoms with E-state index in [0.29, 0.717) is 6.04 Å². The first kappa shape index (κ1) is 25.7. The zero-order valence-corrected chi connectivity index (χ0v) is 21.5. The van der Waals surface area contributed by atoms with Gasteiger partial charge in [-0.2, -0.15) is 13.2 Å². The lowest BCUT2D eigenvalue weighted by Gasteiger charge is -2.43. The van der Waals surface area contributed by atoms with Crippen molar-refractivity contribution in [2.75, 3.05) is 24.5 Å². The molecule has 0 radical (unpaired) electrons. The summed E-state index contributed by atoms with van der Waals surface area (Å²) in [4.78, 5) is 17.1. The van der Waals surface area contributed by atoms with Crippen LogP contribution in [0.2, 0.25) is 5.02 Å². The molecule has 4 nitrogen and oxygen atoms in total. The van der Waals surface area contributed by atoms with E-state index in [1.54, 1.807) is 22.6 Å². The Balaban J connectivity index is 1.82. The van der Waals surface area contributed by atoms with Crippen molar-refractivity contribution in [3.05, 3.63) is 61.4 Å². The Morgan fingerprint density at radius 3 is 2.41 bits per heavy atom. The topological polar surface area (TPSA) is 43.8 Å². The van der Waals surface area contributed by atoms with Crippen molar-refractivity contribution in [2.24, 2.45) is 5.92 Å². The maximum atomic E-state index is 14.9. The minimum Gasteiger partial charge on any atom is -0.372 e. The van der Waals surface area contributed by atoms with Crippen molar-refractivity contribution >= 4 is 45.8 Å². The maximum Gasteiger partial charge on any atom is 0.416 e. The number of amides is 1. The highest BCUT2D eigenvalue weighted by atomic mass is 127. The van der Waals surface area contributed by atoms with Gasteiger partial charge in [-0.3, -0.25) is 4.79 Å². The van der Waals surface area contributed by atoms with Crippen molar-refractivity contribution in [2.45, 2.75) is 44.5 Å². The predicted octanol–water partition coefficient (Wildman–Crippen LogP) is 5.81. The number of alkyl halides is 3. The largest absolute Gasteiger partial charge is 0.416 e. The van der Waals surface area contributed by atoms with E-state index >= 15 is 0 Å². The monoisotopic (exact) mass is 610 g/mol. The Labute approximate surface area is 214 Å². The molecule has 1 amide bonds. The van der Waals surface area contributed by atoms with Gasteiger partial charge < -0.3 is 14.9 Å². The number of fused-ring (bicyclic) bond motifs is 1. The highest BCUT2D eigenvalue weighted by Crippen LogP contribution is 2.53. The van der Waals surface area contributed by atoms with Crippen molar-refractivity contribution in [1.82, 2.24) is 4.90 Å². The minimum atomic E-state index is -4.88. The van der Waals surface area contributed by atoms with E-state index in [4.69, 9.17) is 11.6 Å². The molecule has 1 atom stereocenters. The number of nitrogens with zero attached hydrogens (tertiary/aromatic N) is 2. The van der Waals surface area contributed by atoms with Gasteiger partial charge >= 0.3 is 6.18 Å². The lowest BCUT2D eigenvalue weighted by Crippen LogP contribution is -2.50. The van der Waals surface area contributed by atoms with Gasteiger partial charge in [0.05, 0.1) is 21.8 Å². The van der Waals surface area contributed by atoms with Crippen LogP contribution in [0, 0.1) is 15.3 Å². The fraction of sp³-hybridized carbons (Fsp3) is 0.458. The van der Waals surface area contributed by atoms with Crippen LogP contribution in [-0.4, -0.2) is 41.6 Å². The Morgan fingerprint density at radius 1 is 1.21 bits per heavy atom. The normalized spacial score (nSPS) is 24.5. The minimum absolute atomic E-state index is 0.0491. The number of aliphatic hydroxyl groups is 1. The van der Waals surface area contributed by atoms with Crippen LogP contribution in [0.15, 0.2) is 30.3 Å².